The van der Waals surface area contributed by atoms with Gasteiger partial charge in [-0.2, -0.15) is 5.26 Å². The Hall–Kier alpha value is -2.80. The lowest BCUT2D eigenvalue weighted by molar-refractivity contribution is 0.167. The van der Waals surface area contributed by atoms with Crippen molar-refractivity contribution in [2.75, 3.05) is 0 Å². The number of allylic oxidation sites excluding steroid dienone is 3. The Morgan fingerprint density at radius 2 is 2.07 bits per heavy atom. The molecule has 0 aromatic carbocycles. The van der Waals surface area contributed by atoms with Crippen LogP contribution in [0.15, 0.2) is 55.0 Å². The molecular weight excluding hydrogens is 332 g/mol. The quantitative estimate of drug-likeness (QED) is 0.567. The van der Waals surface area contributed by atoms with Gasteiger partial charge in [-0.25, -0.2) is 9.97 Å². The maximum absolute atomic E-state index is 9.43. The zero-order chi connectivity index (χ0) is 19.7. The van der Waals surface area contributed by atoms with Gasteiger partial charge in [-0.15, -0.1) is 6.58 Å². The minimum atomic E-state index is -0.365. The predicted molar refractivity (Wildman–Crippen MR) is 108 cm³/mol. The molecule has 0 spiro atoms. The van der Waals surface area contributed by atoms with Crippen molar-refractivity contribution in [2.45, 2.75) is 46.0 Å². The highest BCUT2D eigenvalue weighted by molar-refractivity contribution is 5.55. The molecule has 0 amide bonds. The molecule has 3 rings (SSSR count). The smallest absolute Gasteiger partial charge is 0.159 e. The molecule has 0 radical (unpaired) electrons. The lowest BCUT2D eigenvalue weighted by Crippen LogP contribution is -2.44. The summed E-state index contributed by atoms with van der Waals surface area (Å²) in [4.78, 5) is 13.7. The van der Waals surface area contributed by atoms with E-state index in [-0.39, 0.29) is 10.8 Å². The molecular formula is C23H26N4. The second-order valence-electron chi connectivity index (χ2n) is 8.14. The number of aromatic nitrogens is 3. The molecule has 2 aromatic heterocycles. The Morgan fingerprint density at radius 3 is 2.70 bits per heavy atom. The van der Waals surface area contributed by atoms with Crippen molar-refractivity contribution in [3.8, 4) is 17.5 Å². The average Bonchev–Trinajstić information content (AvgIpc) is 2.68. The maximum atomic E-state index is 9.43. The molecule has 2 heterocycles. The summed E-state index contributed by atoms with van der Waals surface area (Å²) >= 11 is 0. The highest BCUT2D eigenvalue weighted by Gasteiger charge is 2.46. The molecule has 2 atom stereocenters. The van der Waals surface area contributed by atoms with Crippen LogP contribution in [-0.4, -0.2) is 15.0 Å². The van der Waals surface area contributed by atoms with Crippen LogP contribution in [0.1, 0.15) is 45.4 Å². The molecule has 2 unspecified atom stereocenters. The van der Waals surface area contributed by atoms with Gasteiger partial charge in [0.05, 0.1) is 11.8 Å². The van der Waals surface area contributed by atoms with Gasteiger partial charge in [0, 0.05) is 35.1 Å². The number of aryl methyl sites for hydroxylation is 1. The molecule has 0 bridgehead atoms. The highest BCUT2D eigenvalue weighted by atomic mass is 14.9. The zero-order valence-electron chi connectivity index (χ0n) is 16.5. The molecule has 0 saturated heterocycles. The summed E-state index contributed by atoms with van der Waals surface area (Å²) < 4.78 is 0. The fraction of sp³-hybridized carbons (Fsp3) is 0.391. The molecule has 0 fully saturated rings. The Bertz CT molecular complexity index is 921. The van der Waals surface area contributed by atoms with Crippen molar-refractivity contribution in [2.24, 2.45) is 11.3 Å². The van der Waals surface area contributed by atoms with Gasteiger partial charge in [0.2, 0.25) is 0 Å². The first kappa shape index (κ1) is 19.0. The molecule has 4 heteroatoms. The van der Waals surface area contributed by atoms with Gasteiger partial charge >= 0.3 is 0 Å². The normalized spacial score (nSPS) is 22.6. The zero-order valence-corrected chi connectivity index (χ0v) is 16.5. The van der Waals surface area contributed by atoms with Crippen LogP contribution in [0.25, 0.3) is 11.4 Å². The Morgan fingerprint density at radius 1 is 1.37 bits per heavy atom. The van der Waals surface area contributed by atoms with E-state index >= 15 is 0 Å². The lowest BCUT2D eigenvalue weighted by Gasteiger charge is -2.47. The predicted octanol–water partition coefficient (Wildman–Crippen LogP) is 5.04. The second-order valence-corrected chi connectivity index (χ2v) is 8.14. The SMILES string of the molecule is C=CC(C)(C)C1CCc2cnc(-c3ccncc3)nc2C1(C)/C=C(\C)C#N. The number of pyridine rings is 1. The van der Waals surface area contributed by atoms with E-state index in [9.17, 15) is 5.26 Å². The van der Waals surface area contributed by atoms with Crippen molar-refractivity contribution in [1.29, 1.82) is 5.26 Å². The lowest BCUT2D eigenvalue weighted by atomic mass is 9.57. The third kappa shape index (κ3) is 3.42. The Balaban J connectivity index is 2.22. The van der Waals surface area contributed by atoms with Gasteiger partial charge < -0.3 is 0 Å². The minimum absolute atomic E-state index is 0.0829. The Kier molecular flexibility index (Phi) is 4.97. The van der Waals surface area contributed by atoms with Gasteiger partial charge in [0.1, 0.15) is 0 Å². The summed E-state index contributed by atoms with van der Waals surface area (Å²) in [6.07, 6.45) is 11.5. The van der Waals surface area contributed by atoms with E-state index < -0.39 is 0 Å². The minimum Gasteiger partial charge on any atom is -0.265 e. The van der Waals surface area contributed by atoms with Crippen molar-refractivity contribution in [3.63, 3.8) is 0 Å². The first-order chi connectivity index (χ1) is 12.8. The van der Waals surface area contributed by atoms with E-state index in [1.807, 2.05) is 31.3 Å². The summed E-state index contributed by atoms with van der Waals surface area (Å²) in [7, 11) is 0. The van der Waals surface area contributed by atoms with Crippen LogP contribution in [0.3, 0.4) is 0 Å². The van der Waals surface area contributed by atoms with Crippen LogP contribution in [0.2, 0.25) is 0 Å². The van der Waals surface area contributed by atoms with Crippen molar-refractivity contribution in [3.05, 3.63) is 66.3 Å². The number of nitrogens with zero attached hydrogens (tertiary/aromatic N) is 4. The van der Waals surface area contributed by atoms with E-state index in [0.717, 1.165) is 29.7 Å². The third-order valence-corrected chi connectivity index (χ3v) is 5.86. The van der Waals surface area contributed by atoms with Gasteiger partial charge in [-0.1, -0.05) is 32.9 Å². The van der Waals surface area contributed by atoms with E-state index in [1.54, 1.807) is 12.4 Å². The molecule has 0 N–H and O–H groups in total. The van der Waals surface area contributed by atoms with Gasteiger partial charge in [-0.3, -0.25) is 4.98 Å². The van der Waals surface area contributed by atoms with Crippen LogP contribution in [0.4, 0.5) is 0 Å². The van der Waals surface area contributed by atoms with E-state index in [2.05, 4.69) is 49.5 Å². The molecule has 4 nitrogen and oxygen atoms in total. The topological polar surface area (TPSA) is 62.5 Å². The standard InChI is InChI=1S/C23H26N4/c1-6-22(3,4)19-8-7-18-15-26-21(17-9-11-25-12-10-17)27-20(18)23(19,5)13-16(2)14-24/h6,9-13,15,19H,1,7-8H2,2-5H3/b16-13+. The van der Waals surface area contributed by atoms with Crippen molar-refractivity contribution in [1.82, 2.24) is 15.0 Å². The Labute approximate surface area is 161 Å². The fourth-order valence-corrected chi connectivity index (χ4v) is 4.40. The first-order valence-electron chi connectivity index (χ1n) is 9.32. The maximum Gasteiger partial charge on any atom is 0.159 e. The second kappa shape index (κ2) is 7.08. The molecule has 0 saturated carbocycles. The van der Waals surface area contributed by atoms with Gasteiger partial charge in [0.15, 0.2) is 5.82 Å². The number of fused-ring (bicyclic) bond motifs is 1. The molecule has 2 aromatic rings. The van der Waals surface area contributed by atoms with Crippen LogP contribution >= 0.6 is 0 Å². The van der Waals surface area contributed by atoms with E-state index in [0.29, 0.717) is 17.3 Å². The van der Waals surface area contributed by atoms with Crippen LogP contribution < -0.4 is 0 Å². The van der Waals surface area contributed by atoms with Gasteiger partial charge in [0.25, 0.3) is 0 Å². The fourth-order valence-electron chi connectivity index (χ4n) is 4.40. The number of nitriles is 1. The number of hydrogen-bond donors (Lipinski definition) is 0. The monoisotopic (exact) mass is 358 g/mol. The molecule has 27 heavy (non-hydrogen) atoms. The van der Waals surface area contributed by atoms with Gasteiger partial charge in [-0.05, 0) is 48.8 Å². The highest BCUT2D eigenvalue weighted by Crippen LogP contribution is 2.50. The number of hydrogen-bond acceptors (Lipinski definition) is 4. The average molecular weight is 358 g/mol. The van der Waals surface area contributed by atoms with Crippen molar-refractivity contribution >= 4 is 0 Å². The molecule has 0 aliphatic heterocycles. The summed E-state index contributed by atoms with van der Waals surface area (Å²) in [5, 5.41) is 9.43. The molecule has 138 valence electrons. The van der Waals surface area contributed by atoms with Crippen LogP contribution in [0.5, 0.6) is 0 Å². The largest absolute Gasteiger partial charge is 0.265 e. The summed E-state index contributed by atoms with van der Waals surface area (Å²) in [6, 6.07) is 6.13. The molecule has 1 aliphatic rings. The summed E-state index contributed by atoms with van der Waals surface area (Å²) in [5.74, 6) is 0.987. The first-order valence-corrected chi connectivity index (χ1v) is 9.32. The summed E-state index contributed by atoms with van der Waals surface area (Å²) in [5.41, 5.74) is 3.38. The molecule has 1 aliphatic carbocycles. The summed E-state index contributed by atoms with van der Waals surface area (Å²) in [6.45, 7) is 12.6. The van der Waals surface area contributed by atoms with Crippen LogP contribution in [-0.2, 0) is 11.8 Å². The third-order valence-electron chi connectivity index (χ3n) is 5.86. The van der Waals surface area contributed by atoms with E-state index in [4.69, 9.17) is 4.98 Å². The van der Waals surface area contributed by atoms with Crippen molar-refractivity contribution < 1.29 is 0 Å². The number of rotatable bonds is 4. The van der Waals surface area contributed by atoms with Crippen LogP contribution in [0, 0.1) is 22.7 Å². The van der Waals surface area contributed by atoms with E-state index in [1.165, 1.54) is 0 Å².